The van der Waals surface area contributed by atoms with Gasteiger partial charge in [0.15, 0.2) is 0 Å². The van der Waals surface area contributed by atoms with Gasteiger partial charge in [0, 0.05) is 0 Å². The standard InChI is InChI=1S/C9H23I2Si/c1-4-7-11(12-10,8-5-2)9-6-3/h4-9,12H2,1-3H3/q-1. The van der Waals surface area contributed by atoms with Crippen molar-refractivity contribution in [2.75, 3.05) is 13.3 Å². The fourth-order valence-electron chi connectivity index (χ4n) is 1.64. The second kappa shape index (κ2) is 8.02. The molecule has 0 radical (unpaired) electrons. The van der Waals surface area contributed by atoms with Crippen LogP contribution in [0.1, 0.15) is 40.0 Å². The van der Waals surface area contributed by atoms with Crippen molar-refractivity contribution in [3.63, 3.8) is 0 Å². The van der Waals surface area contributed by atoms with Crippen LogP contribution in [0.15, 0.2) is 0 Å². The van der Waals surface area contributed by atoms with Crippen molar-refractivity contribution >= 4 is 26.3 Å². The number of hydrogen-bond acceptors (Lipinski definition) is 0. The number of alkyl halides is 3. The molecular formula is C9H23I2Si-. The van der Waals surface area contributed by atoms with Crippen LogP contribution in [0, 0.1) is 0 Å². The van der Waals surface area contributed by atoms with Crippen LogP contribution in [0.25, 0.3) is 0 Å². The molecule has 0 saturated carbocycles. The monoisotopic (exact) mass is 413 g/mol. The molecule has 0 amide bonds. The third-order valence-corrected chi connectivity index (χ3v) is 46.2. The molecule has 0 N–H and O–H groups in total. The molecule has 0 atom stereocenters. The van der Waals surface area contributed by atoms with E-state index in [1.165, 1.54) is 19.3 Å². The van der Waals surface area contributed by atoms with E-state index in [2.05, 4.69) is 42.6 Å². The maximum absolute atomic E-state index is 2.79. The van der Waals surface area contributed by atoms with Gasteiger partial charge in [0.1, 0.15) is 0 Å². The molecule has 0 aromatic rings. The molecule has 0 aliphatic heterocycles. The first-order valence-electron chi connectivity index (χ1n) is 4.96. The molecule has 0 fully saturated rings. The summed E-state index contributed by atoms with van der Waals surface area (Å²) in [5.74, 6) is 0. The summed E-state index contributed by atoms with van der Waals surface area (Å²) < 4.78 is 5.35. The molecule has 0 bridgehead atoms. The van der Waals surface area contributed by atoms with Crippen molar-refractivity contribution in [1.29, 1.82) is 0 Å². The molecule has 0 aliphatic carbocycles. The molecule has 0 aromatic heterocycles. The minimum absolute atomic E-state index is 0.338. The topological polar surface area (TPSA) is 0 Å². The van der Waals surface area contributed by atoms with Crippen LogP contribution >= 0.6 is 21.8 Å². The van der Waals surface area contributed by atoms with Crippen molar-refractivity contribution in [1.82, 2.24) is 0 Å². The first kappa shape index (κ1) is 13.7. The zero-order valence-electron chi connectivity index (χ0n) is 8.71. The molecule has 0 saturated heterocycles. The van der Waals surface area contributed by atoms with E-state index in [0.29, 0.717) is 4.51 Å². The number of hydrogen-bond donors (Lipinski definition) is 0. The zero-order valence-corrected chi connectivity index (χ0v) is 14.4. The Balaban J connectivity index is 4.06. The van der Waals surface area contributed by atoms with E-state index in [-0.39, 0.29) is 0 Å². The van der Waals surface area contributed by atoms with Gasteiger partial charge in [-0.3, -0.25) is 0 Å². The summed E-state index contributed by atoms with van der Waals surface area (Å²) in [6.07, 6.45) is 4.39. The van der Waals surface area contributed by atoms with Gasteiger partial charge in [0.2, 0.25) is 0 Å². The third kappa shape index (κ3) is 4.79. The van der Waals surface area contributed by atoms with Crippen molar-refractivity contribution in [3.05, 3.63) is 0 Å². The molecule has 0 heterocycles. The average molecular weight is 413 g/mol. The van der Waals surface area contributed by atoms with E-state index >= 15 is 0 Å². The summed E-state index contributed by atoms with van der Waals surface area (Å²) in [6.45, 7) is 7.14. The van der Waals surface area contributed by atoms with E-state index in [9.17, 15) is 0 Å². The molecule has 0 aliphatic rings. The minimum atomic E-state index is -1.08. The Labute approximate surface area is 96.3 Å². The van der Waals surface area contributed by atoms with E-state index in [0.717, 1.165) is 0 Å². The summed E-state index contributed by atoms with van der Waals surface area (Å²) in [5, 5.41) is 0. The quantitative estimate of drug-likeness (QED) is 0.235. The van der Waals surface area contributed by atoms with Gasteiger partial charge in [-0.1, -0.05) is 0 Å². The second-order valence-corrected chi connectivity index (χ2v) is 34.2. The van der Waals surface area contributed by atoms with Gasteiger partial charge in [0.25, 0.3) is 0 Å². The van der Waals surface area contributed by atoms with Crippen LogP contribution in [0.2, 0.25) is 0 Å². The summed E-state index contributed by atoms with van der Waals surface area (Å²) >= 11 is 1.71. The van der Waals surface area contributed by atoms with Crippen LogP contribution in [0.3, 0.4) is 0 Å². The average Bonchev–Trinajstić information content (AvgIpc) is 2.06. The summed E-state index contributed by atoms with van der Waals surface area (Å²) in [7, 11) is 0. The van der Waals surface area contributed by atoms with Gasteiger partial charge in [-0.05, 0) is 0 Å². The number of rotatable bonds is 7. The molecule has 0 spiro atoms. The normalized spacial score (nSPS) is 14.3. The van der Waals surface area contributed by atoms with Gasteiger partial charge in [0.05, 0.1) is 0 Å². The Hall–Kier alpha value is 1.68. The van der Waals surface area contributed by atoms with Crippen LogP contribution in [0.4, 0.5) is 0 Å². The Kier molecular flexibility index (Phi) is 9.15. The Morgan fingerprint density at radius 2 is 1.25 bits per heavy atom. The Morgan fingerprint density at radius 3 is 1.42 bits per heavy atom. The molecule has 0 rings (SSSR count). The summed E-state index contributed by atoms with van der Waals surface area (Å²) in [4.78, 5) is 0. The van der Waals surface area contributed by atoms with E-state index in [1.807, 2.05) is 0 Å². The predicted octanol–water partition coefficient (Wildman–Crippen LogP) is -0.189. The van der Waals surface area contributed by atoms with Crippen LogP contribution < -0.4 is 17.6 Å². The molecule has 0 nitrogen and oxygen atoms in total. The van der Waals surface area contributed by atoms with E-state index in [4.69, 9.17) is 0 Å². The van der Waals surface area contributed by atoms with Gasteiger partial charge in [-0.15, -0.1) is 0 Å². The summed E-state index contributed by atoms with van der Waals surface area (Å²) in [6, 6.07) is 0. The zero-order chi connectivity index (χ0) is 9.45. The van der Waals surface area contributed by atoms with Gasteiger partial charge >= 0.3 is 97.3 Å². The summed E-state index contributed by atoms with van der Waals surface area (Å²) in [5.41, 5.74) is 0. The van der Waals surface area contributed by atoms with Crippen LogP contribution in [-0.2, 0) is 0 Å². The second-order valence-electron chi connectivity index (χ2n) is 3.30. The first-order chi connectivity index (χ1) is 5.74. The molecular weight excluding hydrogens is 390 g/mol. The Morgan fingerprint density at radius 1 is 0.917 bits per heavy atom. The van der Waals surface area contributed by atoms with Gasteiger partial charge in [-0.25, -0.2) is 0 Å². The van der Waals surface area contributed by atoms with E-state index < -0.39 is 17.6 Å². The first-order valence-corrected chi connectivity index (χ1v) is 19.8. The van der Waals surface area contributed by atoms with Gasteiger partial charge < -0.3 is 0 Å². The number of halogens is 2. The van der Waals surface area contributed by atoms with Crippen molar-refractivity contribution in [2.24, 2.45) is 0 Å². The molecule has 78 valence electrons. The van der Waals surface area contributed by atoms with Crippen molar-refractivity contribution in [3.8, 4) is 0 Å². The molecule has 0 aromatic carbocycles. The van der Waals surface area contributed by atoms with Crippen LogP contribution in [-0.4, -0.2) is 17.8 Å². The van der Waals surface area contributed by atoms with E-state index in [1.54, 1.807) is 13.3 Å². The van der Waals surface area contributed by atoms with Gasteiger partial charge in [-0.2, -0.15) is 0 Å². The third-order valence-electron chi connectivity index (χ3n) is 1.98. The fraction of sp³-hybridized carbons (Fsp3) is 1.00. The predicted molar refractivity (Wildman–Crippen MR) is 68.0 cm³/mol. The van der Waals surface area contributed by atoms with Crippen molar-refractivity contribution < 1.29 is 17.6 Å². The van der Waals surface area contributed by atoms with Crippen molar-refractivity contribution in [2.45, 2.75) is 40.0 Å². The maximum atomic E-state index is 2.79. The SMILES string of the molecule is CCC[I-](CCC)(CCC)[SiH2]I. The molecule has 0 unspecified atom stereocenters. The fourth-order valence-corrected chi connectivity index (χ4v) is 35.8. The molecule has 3 heteroatoms. The molecule has 12 heavy (non-hydrogen) atoms. The Bertz CT molecular complexity index is 89.7. The van der Waals surface area contributed by atoms with Crippen LogP contribution in [0.5, 0.6) is 0 Å².